The number of piperidine rings is 1. The summed E-state index contributed by atoms with van der Waals surface area (Å²) in [5, 5.41) is 12.0. The van der Waals surface area contributed by atoms with Gasteiger partial charge in [-0.15, -0.1) is 0 Å². The van der Waals surface area contributed by atoms with Crippen LogP contribution >= 0.6 is 23.2 Å². The van der Waals surface area contributed by atoms with E-state index in [9.17, 15) is 14.7 Å². The molecule has 0 saturated carbocycles. The second kappa shape index (κ2) is 11.8. The zero-order valence-corrected chi connectivity index (χ0v) is 22.1. The molecule has 2 saturated heterocycles. The minimum Gasteiger partial charge on any atom is -0.389 e. The Bertz CT molecular complexity index is 1100. The summed E-state index contributed by atoms with van der Waals surface area (Å²) in [5.41, 5.74) is 1.21. The molecule has 0 radical (unpaired) electrons. The van der Waals surface area contributed by atoms with Gasteiger partial charge in [0.15, 0.2) is 0 Å². The molecule has 4 rings (SSSR count). The van der Waals surface area contributed by atoms with Crippen molar-refractivity contribution in [3.05, 3.63) is 75.8 Å². The third-order valence-corrected chi connectivity index (χ3v) is 8.02. The number of carbonyl (C=O) groups is 2. The molecule has 6 nitrogen and oxygen atoms in total. The van der Waals surface area contributed by atoms with Crippen LogP contribution in [0.2, 0.25) is 10.0 Å². The number of benzene rings is 2. The van der Waals surface area contributed by atoms with E-state index < -0.39 is 5.60 Å². The van der Waals surface area contributed by atoms with Crippen LogP contribution < -0.4 is 0 Å². The first-order chi connectivity index (χ1) is 17.2. The molecule has 2 amide bonds. The van der Waals surface area contributed by atoms with Gasteiger partial charge in [-0.1, -0.05) is 59.6 Å². The summed E-state index contributed by atoms with van der Waals surface area (Å²) in [6.07, 6.45) is 5.41. The lowest BCUT2D eigenvalue weighted by molar-refractivity contribution is -0.138. The van der Waals surface area contributed by atoms with E-state index in [4.69, 9.17) is 23.2 Å². The number of nitrogens with zero attached hydrogens (tertiary/aromatic N) is 3. The van der Waals surface area contributed by atoms with Crippen LogP contribution in [0.3, 0.4) is 0 Å². The van der Waals surface area contributed by atoms with Gasteiger partial charge < -0.3 is 14.9 Å². The maximum absolute atomic E-state index is 13.0. The first-order valence-corrected chi connectivity index (χ1v) is 13.2. The molecule has 0 aromatic heterocycles. The minimum absolute atomic E-state index is 0.0522. The molecule has 2 aromatic rings. The number of amides is 2. The Morgan fingerprint density at radius 1 is 1.03 bits per heavy atom. The molecule has 192 valence electrons. The summed E-state index contributed by atoms with van der Waals surface area (Å²) in [6, 6.07) is 15.3. The largest absolute Gasteiger partial charge is 0.389 e. The molecule has 0 spiro atoms. The van der Waals surface area contributed by atoms with Crippen LogP contribution in [-0.4, -0.2) is 76.1 Å². The first kappa shape index (κ1) is 26.7. The minimum atomic E-state index is -0.718. The van der Waals surface area contributed by atoms with Crippen molar-refractivity contribution in [3.8, 4) is 0 Å². The molecular weight excluding hydrogens is 497 g/mol. The first-order valence-electron chi connectivity index (χ1n) is 12.5. The topological polar surface area (TPSA) is 64.1 Å². The Morgan fingerprint density at radius 2 is 1.75 bits per heavy atom. The molecule has 2 aliphatic heterocycles. The molecule has 0 aliphatic carbocycles. The Morgan fingerprint density at radius 3 is 2.44 bits per heavy atom. The van der Waals surface area contributed by atoms with Crippen LogP contribution in [0.15, 0.2) is 54.6 Å². The number of aliphatic hydroxyl groups is 1. The predicted octanol–water partition coefficient (Wildman–Crippen LogP) is 4.48. The summed E-state index contributed by atoms with van der Waals surface area (Å²) in [5.74, 6) is -0.0799. The summed E-state index contributed by atoms with van der Waals surface area (Å²) >= 11 is 12.0. The quantitative estimate of drug-likeness (QED) is 0.560. The van der Waals surface area contributed by atoms with E-state index in [0.29, 0.717) is 55.4 Å². The molecular formula is C28H33Cl2N3O3. The van der Waals surface area contributed by atoms with E-state index in [1.165, 1.54) is 6.08 Å². The lowest BCUT2D eigenvalue weighted by atomic mass is 9.85. The van der Waals surface area contributed by atoms with E-state index in [1.54, 1.807) is 29.2 Å². The van der Waals surface area contributed by atoms with Gasteiger partial charge in [0.1, 0.15) is 0 Å². The Labute approximate surface area is 223 Å². The SMILES string of the molecule is CC(N1CCC(O)(Cc2ccccc2)CC1)N1CCN(C(=O)/C=C/c2ccc(Cl)c(Cl)c2)CCC1=O. The normalized spacial score (nSPS) is 19.9. The third-order valence-electron chi connectivity index (χ3n) is 7.28. The van der Waals surface area contributed by atoms with E-state index in [0.717, 1.165) is 24.2 Å². The van der Waals surface area contributed by atoms with Crippen LogP contribution in [-0.2, 0) is 16.0 Å². The van der Waals surface area contributed by atoms with Gasteiger partial charge in [-0.05, 0) is 49.1 Å². The fraction of sp³-hybridized carbons (Fsp3) is 0.429. The number of hydrogen-bond donors (Lipinski definition) is 1. The average Bonchev–Trinajstić information content (AvgIpc) is 3.06. The average molecular weight is 530 g/mol. The summed E-state index contributed by atoms with van der Waals surface area (Å²) in [7, 11) is 0. The summed E-state index contributed by atoms with van der Waals surface area (Å²) < 4.78 is 0. The van der Waals surface area contributed by atoms with E-state index >= 15 is 0 Å². The van der Waals surface area contributed by atoms with Crippen molar-refractivity contribution < 1.29 is 14.7 Å². The number of carbonyl (C=O) groups excluding carboxylic acids is 2. The van der Waals surface area contributed by atoms with Crippen LogP contribution in [0.25, 0.3) is 6.08 Å². The van der Waals surface area contributed by atoms with Crippen LogP contribution in [0.5, 0.6) is 0 Å². The Kier molecular flexibility index (Phi) is 8.73. The van der Waals surface area contributed by atoms with E-state index in [1.807, 2.05) is 30.0 Å². The molecule has 1 atom stereocenters. The molecule has 8 heteroatoms. The Hall–Kier alpha value is -2.38. The highest BCUT2D eigenvalue weighted by Gasteiger charge is 2.36. The molecule has 2 fully saturated rings. The van der Waals surface area contributed by atoms with Gasteiger partial charge >= 0.3 is 0 Å². The van der Waals surface area contributed by atoms with Crippen LogP contribution in [0.4, 0.5) is 0 Å². The van der Waals surface area contributed by atoms with Crippen molar-refractivity contribution in [2.45, 2.75) is 44.4 Å². The van der Waals surface area contributed by atoms with Gasteiger partial charge in [-0.3, -0.25) is 14.5 Å². The highest BCUT2D eigenvalue weighted by atomic mass is 35.5. The van der Waals surface area contributed by atoms with Gasteiger partial charge in [-0.25, -0.2) is 0 Å². The van der Waals surface area contributed by atoms with Gasteiger partial charge in [-0.2, -0.15) is 0 Å². The highest BCUT2D eigenvalue weighted by Crippen LogP contribution is 2.28. The number of halogens is 2. The third kappa shape index (κ3) is 6.68. The molecule has 1 N–H and O–H groups in total. The maximum Gasteiger partial charge on any atom is 0.246 e. The molecule has 1 unspecified atom stereocenters. The number of hydrogen-bond acceptors (Lipinski definition) is 4. The van der Waals surface area contributed by atoms with E-state index in [-0.39, 0.29) is 18.0 Å². The fourth-order valence-electron chi connectivity index (χ4n) is 5.01. The lowest BCUT2D eigenvalue weighted by Gasteiger charge is -2.44. The molecule has 2 aliphatic rings. The molecule has 2 aromatic carbocycles. The van der Waals surface area contributed by atoms with E-state index in [2.05, 4.69) is 17.0 Å². The van der Waals surface area contributed by atoms with Crippen molar-refractivity contribution in [1.29, 1.82) is 0 Å². The zero-order valence-electron chi connectivity index (χ0n) is 20.6. The second-order valence-corrected chi connectivity index (χ2v) is 10.5. The van der Waals surface area contributed by atoms with Crippen molar-refractivity contribution in [1.82, 2.24) is 14.7 Å². The van der Waals surface area contributed by atoms with Gasteiger partial charge in [0.05, 0.1) is 21.8 Å². The smallest absolute Gasteiger partial charge is 0.246 e. The van der Waals surface area contributed by atoms with Gasteiger partial charge in [0.2, 0.25) is 11.8 Å². The van der Waals surface area contributed by atoms with Crippen molar-refractivity contribution in [2.75, 3.05) is 32.7 Å². The molecule has 2 heterocycles. The molecule has 0 bridgehead atoms. The van der Waals surface area contributed by atoms with Crippen LogP contribution in [0.1, 0.15) is 37.3 Å². The summed E-state index contributed by atoms with van der Waals surface area (Å²) in [6.45, 7) is 4.85. The van der Waals surface area contributed by atoms with Gasteiger partial charge in [0, 0.05) is 51.6 Å². The van der Waals surface area contributed by atoms with Crippen molar-refractivity contribution in [3.63, 3.8) is 0 Å². The summed E-state index contributed by atoms with van der Waals surface area (Å²) in [4.78, 5) is 31.6. The fourth-order valence-corrected chi connectivity index (χ4v) is 5.31. The van der Waals surface area contributed by atoms with Crippen molar-refractivity contribution in [2.24, 2.45) is 0 Å². The molecule has 36 heavy (non-hydrogen) atoms. The van der Waals surface area contributed by atoms with Crippen molar-refractivity contribution >= 4 is 41.1 Å². The zero-order chi connectivity index (χ0) is 25.7. The monoisotopic (exact) mass is 529 g/mol. The number of likely N-dealkylation sites (tertiary alicyclic amines) is 1. The van der Waals surface area contributed by atoms with Crippen LogP contribution in [0, 0.1) is 0 Å². The van der Waals surface area contributed by atoms with Gasteiger partial charge in [0.25, 0.3) is 0 Å². The Balaban J connectivity index is 1.31. The number of rotatable bonds is 6. The standard InChI is InChI=1S/C28H33Cl2N3O3/c1-21(31-15-12-28(36,13-16-31)20-23-5-3-2-4-6-23)33-18-17-32(14-11-27(33)35)26(34)10-8-22-7-9-24(29)25(30)19-22/h2-10,19,21,36H,11-18,20H2,1H3/b10-8+. The maximum atomic E-state index is 13.0. The second-order valence-electron chi connectivity index (χ2n) is 9.72. The highest BCUT2D eigenvalue weighted by molar-refractivity contribution is 6.42. The predicted molar refractivity (Wildman–Crippen MR) is 144 cm³/mol. The lowest BCUT2D eigenvalue weighted by Crippen LogP contribution is -2.55.